The van der Waals surface area contributed by atoms with Crippen LogP contribution in [0.15, 0.2) is 48.4 Å². The molecule has 0 bridgehead atoms. The third-order valence-corrected chi connectivity index (χ3v) is 1.87. The summed E-state index contributed by atoms with van der Waals surface area (Å²) in [4.78, 5) is 12.9. The molecule has 0 aromatic carbocycles. The molecule has 0 aliphatic carbocycles. The number of Topliss-reactive ketones (excluding diaryl/α,β-unsaturated/α-hetero) is 1. The normalized spacial score (nSPS) is 18.8. The van der Waals surface area contributed by atoms with Crippen molar-refractivity contribution in [3.63, 3.8) is 0 Å². The third kappa shape index (κ3) is 2.18. The molecule has 0 unspecified atom stereocenters. The summed E-state index contributed by atoms with van der Waals surface area (Å²) in [6.45, 7) is 5.18. The van der Waals surface area contributed by atoms with Crippen molar-refractivity contribution in [2.75, 3.05) is 7.05 Å². The zero-order valence-electron chi connectivity index (χ0n) is 7.95. The number of carbonyl (C=O) groups is 1. The number of allylic oxidation sites excluding steroid dienone is 5. The number of ketones is 1. The molecular weight excluding hydrogens is 162 g/mol. The fourth-order valence-corrected chi connectivity index (χ4v) is 1.12. The van der Waals surface area contributed by atoms with Gasteiger partial charge in [0.05, 0.1) is 0 Å². The highest BCUT2D eigenvalue weighted by Crippen LogP contribution is 2.15. The van der Waals surface area contributed by atoms with Crippen molar-refractivity contribution >= 4 is 5.78 Å². The lowest BCUT2D eigenvalue weighted by Gasteiger charge is -2.19. The lowest BCUT2D eigenvalue weighted by molar-refractivity contribution is -0.113. The second-order valence-corrected chi connectivity index (χ2v) is 2.91. The Morgan fingerprint density at radius 1 is 1.54 bits per heavy atom. The monoisotopic (exact) mass is 175 g/mol. The van der Waals surface area contributed by atoms with Gasteiger partial charge in [-0.15, -0.1) is 0 Å². The molecule has 1 aliphatic rings. The zero-order valence-corrected chi connectivity index (χ0v) is 7.95. The molecule has 1 heterocycles. The van der Waals surface area contributed by atoms with E-state index in [1.165, 1.54) is 0 Å². The van der Waals surface area contributed by atoms with Crippen molar-refractivity contribution in [1.29, 1.82) is 0 Å². The van der Waals surface area contributed by atoms with Crippen LogP contribution in [0.5, 0.6) is 0 Å². The van der Waals surface area contributed by atoms with E-state index >= 15 is 0 Å². The van der Waals surface area contributed by atoms with E-state index in [1.807, 2.05) is 36.4 Å². The predicted octanol–water partition coefficient (Wildman–Crippen LogP) is 2.03. The second kappa shape index (κ2) is 3.90. The Morgan fingerprint density at radius 3 is 2.69 bits per heavy atom. The predicted molar refractivity (Wildman–Crippen MR) is 53.9 cm³/mol. The zero-order chi connectivity index (χ0) is 9.84. The maximum atomic E-state index is 11.0. The SMILES string of the molecule is C=C/C=C1/C=CC(C(C)=O)=CN1C. The Hall–Kier alpha value is -1.57. The van der Waals surface area contributed by atoms with E-state index in [9.17, 15) is 4.79 Å². The average molecular weight is 175 g/mol. The van der Waals surface area contributed by atoms with Gasteiger partial charge >= 0.3 is 0 Å². The Morgan fingerprint density at radius 2 is 2.23 bits per heavy atom. The molecule has 0 radical (unpaired) electrons. The first kappa shape index (κ1) is 9.52. The van der Waals surface area contributed by atoms with Crippen LogP contribution >= 0.6 is 0 Å². The van der Waals surface area contributed by atoms with Gasteiger partial charge in [-0.05, 0) is 25.2 Å². The van der Waals surface area contributed by atoms with Crippen LogP contribution in [0.25, 0.3) is 0 Å². The molecule has 0 spiro atoms. The molecule has 0 saturated heterocycles. The largest absolute Gasteiger partial charge is 0.350 e. The van der Waals surface area contributed by atoms with Gasteiger partial charge in [0, 0.05) is 24.5 Å². The van der Waals surface area contributed by atoms with Crippen LogP contribution in [-0.4, -0.2) is 17.7 Å². The summed E-state index contributed by atoms with van der Waals surface area (Å²) in [5.74, 6) is 0.0840. The van der Waals surface area contributed by atoms with Crippen LogP contribution in [0, 0.1) is 0 Å². The first-order valence-corrected chi connectivity index (χ1v) is 4.11. The fraction of sp³-hybridized carbons (Fsp3) is 0.182. The lowest BCUT2D eigenvalue weighted by atomic mass is 10.1. The molecule has 0 saturated carbocycles. The Balaban J connectivity index is 2.91. The molecular formula is C11H13NO. The van der Waals surface area contributed by atoms with Crippen LogP contribution in [0.3, 0.4) is 0 Å². The summed E-state index contributed by atoms with van der Waals surface area (Å²) in [5.41, 5.74) is 1.75. The number of nitrogens with zero attached hydrogens (tertiary/aromatic N) is 1. The van der Waals surface area contributed by atoms with Crippen molar-refractivity contribution < 1.29 is 4.79 Å². The molecule has 68 valence electrons. The summed E-state index contributed by atoms with van der Waals surface area (Å²) in [7, 11) is 1.90. The smallest absolute Gasteiger partial charge is 0.161 e. The van der Waals surface area contributed by atoms with E-state index in [0.717, 1.165) is 11.3 Å². The summed E-state index contributed by atoms with van der Waals surface area (Å²) in [5, 5.41) is 0. The van der Waals surface area contributed by atoms with Crippen molar-refractivity contribution in [1.82, 2.24) is 4.90 Å². The molecule has 0 atom stereocenters. The standard InChI is InChI=1S/C11H13NO/c1-4-5-11-7-6-10(9(2)13)8-12(11)3/h4-8H,1H2,2-3H3/b11-5-. The van der Waals surface area contributed by atoms with Gasteiger partial charge in [-0.3, -0.25) is 4.79 Å². The molecule has 0 aromatic heterocycles. The minimum Gasteiger partial charge on any atom is -0.350 e. The number of rotatable bonds is 2. The quantitative estimate of drug-likeness (QED) is 0.640. The van der Waals surface area contributed by atoms with Crippen molar-refractivity contribution in [2.24, 2.45) is 0 Å². The van der Waals surface area contributed by atoms with Gasteiger partial charge in [0.1, 0.15) is 0 Å². The molecule has 1 aliphatic heterocycles. The molecule has 13 heavy (non-hydrogen) atoms. The Labute approximate surface area is 78.5 Å². The van der Waals surface area contributed by atoms with E-state index in [2.05, 4.69) is 6.58 Å². The third-order valence-electron chi connectivity index (χ3n) is 1.87. The van der Waals surface area contributed by atoms with Gasteiger partial charge in [0.25, 0.3) is 0 Å². The van der Waals surface area contributed by atoms with E-state index in [0.29, 0.717) is 0 Å². The van der Waals surface area contributed by atoms with Gasteiger partial charge in [0.15, 0.2) is 5.78 Å². The highest BCUT2D eigenvalue weighted by molar-refractivity contribution is 5.96. The van der Waals surface area contributed by atoms with E-state index in [4.69, 9.17) is 0 Å². The minimum absolute atomic E-state index is 0.0840. The molecule has 0 amide bonds. The highest BCUT2D eigenvalue weighted by Gasteiger charge is 2.08. The minimum atomic E-state index is 0.0840. The number of hydrogen-bond donors (Lipinski definition) is 0. The van der Waals surface area contributed by atoms with Crippen LogP contribution in [0.1, 0.15) is 6.92 Å². The van der Waals surface area contributed by atoms with Gasteiger partial charge in [-0.2, -0.15) is 0 Å². The molecule has 2 heteroatoms. The molecule has 1 rings (SSSR count). The maximum absolute atomic E-state index is 11.0. The molecule has 0 N–H and O–H groups in total. The van der Waals surface area contributed by atoms with E-state index < -0.39 is 0 Å². The van der Waals surface area contributed by atoms with E-state index in [-0.39, 0.29) is 5.78 Å². The first-order chi connectivity index (χ1) is 6.15. The van der Waals surface area contributed by atoms with Crippen LogP contribution in [0.4, 0.5) is 0 Å². The van der Waals surface area contributed by atoms with E-state index in [1.54, 1.807) is 13.0 Å². The highest BCUT2D eigenvalue weighted by atomic mass is 16.1. The maximum Gasteiger partial charge on any atom is 0.161 e. The topological polar surface area (TPSA) is 20.3 Å². The Kier molecular flexibility index (Phi) is 2.85. The number of likely N-dealkylation sites (N-methyl/N-ethyl adjacent to an activating group) is 1. The number of hydrogen-bond acceptors (Lipinski definition) is 2. The van der Waals surface area contributed by atoms with Gasteiger partial charge < -0.3 is 4.90 Å². The average Bonchev–Trinajstić information content (AvgIpc) is 2.08. The van der Waals surface area contributed by atoms with Crippen molar-refractivity contribution in [3.8, 4) is 0 Å². The van der Waals surface area contributed by atoms with Crippen LogP contribution in [0.2, 0.25) is 0 Å². The summed E-state index contributed by atoms with van der Waals surface area (Å²) >= 11 is 0. The van der Waals surface area contributed by atoms with Crippen molar-refractivity contribution in [3.05, 3.63) is 48.4 Å². The summed E-state index contributed by atoms with van der Waals surface area (Å²) < 4.78 is 0. The molecule has 2 nitrogen and oxygen atoms in total. The Bertz CT molecular complexity index is 321. The summed E-state index contributed by atoms with van der Waals surface area (Å²) in [6.07, 6.45) is 9.15. The van der Waals surface area contributed by atoms with Crippen molar-refractivity contribution in [2.45, 2.75) is 6.92 Å². The van der Waals surface area contributed by atoms with Gasteiger partial charge in [-0.25, -0.2) is 0 Å². The lowest BCUT2D eigenvalue weighted by Crippen LogP contribution is -2.14. The first-order valence-electron chi connectivity index (χ1n) is 4.11. The molecule has 0 fully saturated rings. The van der Waals surface area contributed by atoms with Gasteiger partial charge in [0.2, 0.25) is 0 Å². The number of carbonyl (C=O) groups excluding carboxylic acids is 1. The second-order valence-electron chi connectivity index (χ2n) is 2.91. The van der Waals surface area contributed by atoms with Crippen LogP contribution < -0.4 is 0 Å². The van der Waals surface area contributed by atoms with Gasteiger partial charge in [-0.1, -0.05) is 12.7 Å². The summed E-state index contributed by atoms with van der Waals surface area (Å²) in [6, 6.07) is 0. The molecule has 0 aromatic rings. The van der Waals surface area contributed by atoms with Crippen LogP contribution in [-0.2, 0) is 4.79 Å². The fourth-order valence-electron chi connectivity index (χ4n) is 1.12.